The monoisotopic (exact) mass is 275 g/mol. The molecule has 94 valence electrons. The first-order chi connectivity index (χ1) is 7.77. The van der Waals surface area contributed by atoms with Gasteiger partial charge in [-0.25, -0.2) is 0 Å². The topological polar surface area (TPSA) is 63.3 Å². The summed E-state index contributed by atoms with van der Waals surface area (Å²) in [6.45, 7) is 3.57. The fourth-order valence-corrected chi connectivity index (χ4v) is 1.83. The number of rotatable bonds is 4. The molecule has 0 saturated carbocycles. The normalized spacial score (nSPS) is 14.7. The molecule has 3 N–H and O–H groups in total. The van der Waals surface area contributed by atoms with Gasteiger partial charge in [0.2, 0.25) is 0 Å². The van der Waals surface area contributed by atoms with Crippen molar-refractivity contribution in [2.45, 2.75) is 25.8 Å². The molecule has 0 aliphatic carbocycles. The Bertz CT molecular complexity index is 435. The van der Waals surface area contributed by atoms with Crippen molar-refractivity contribution in [2.75, 3.05) is 0 Å². The zero-order valence-electron chi connectivity index (χ0n) is 9.71. The molecule has 0 aliphatic rings. The van der Waals surface area contributed by atoms with E-state index in [-0.39, 0.29) is 12.3 Å². The number of hydrogen-bond donors (Lipinski definition) is 2. The fourth-order valence-electron chi connectivity index (χ4n) is 1.51. The van der Waals surface area contributed by atoms with Crippen LogP contribution >= 0.6 is 23.2 Å². The van der Waals surface area contributed by atoms with Gasteiger partial charge >= 0.3 is 5.97 Å². The van der Waals surface area contributed by atoms with Gasteiger partial charge in [-0.1, -0.05) is 43.1 Å². The van der Waals surface area contributed by atoms with Gasteiger partial charge in [0.05, 0.1) is 10.0 Å². The maximum absolute atomic E-state index is 11.2. The van der Waals surface area contributed by atoms with Crippen LogP contribution in [0.3, 0.4) is 0 Å². The Kier molecular flexibility index (Phi) is 4.42. The molecule has 0 saturated heterocycles. The van der Waals surface area contributed by atoms with E-state index in [1.165, 1.54) is 0 Å². The number of carboxylic acids is 1. The van der Waals surface area contributed by atoms with Crippen LogP contribution in [0.15, 0.2) is 18.2 Å². The van der Waals surface area contributed by atoms with E-state index in [2.05, 4.69) is 0 Å². The van der Waals surface area contributed by atoms with E-state index in [1.54, 1.807) is 32.0 Å². The molecule has 0 amide bonds. The average Bonchev–Trinajstić information content (AvgIpc) is 2.22. The summed E-state index contributed by atoms with van der Waals surface area (Å²) in [6, 6.07) is 5.03. The van der Waals surface area contributed by atoms with Crippen LogP contribution in [0.5, 0.6) is 0 Å². The molecule has 0 radical (unpaired) electrons. The summed E-state index contributed by atoms with van der Waals surface area (Å²) in [5.74, 6) is -1.20. The van der Waals surface area contributed by atoms with Gasteiger partial charge in [0, 0.05) is 6.42 Å². The van der Waals surface area contributed by atoms with E-state index in [1.807, 2.05) is 0 Å². The maximum atomic E-state index is 11.2. The third-order valence-corrected chi connectivity index (χ3v) is 3.65. The van der Waals surface area contributed by atoms with Gasteiger partial charge in [0.15, 0.2) is 0 Å². The second kappa shape index (κ2) is 5.25. The van der Waals surface area contributed by atoms with Crippen LogP contribution in [0, 0.1) is 5.92 Å². The number of hydrogen-bond acceptors (Lipinski definition) is 2. The molecule has 1 aromatic rings. The van der Waals surface area contributed by atoms with Crippen LogP contribution in [0.4, 0.5) is 0 Å². The summed E-state index contributed by atoms with van der Waals surface area (Å²) < 4.78 is 0. The van der Waals surface area contributed by atoms with E-state index in [0.29, 0.717) is 10.0 Å². The number of carbonyl (C=O) groups is 1. The summed E-state index contributed by atoms with van der Waals surface area (Å²) in [4.78, 5) is 11.2. The quantitative estimate of drug-likeness (QED) is 0.888. The molecule has 1 rings (SSSR count). The van der Waals surface area contributed by atoms with Crippen molar-refractivity contribution in [2.24, 2.45) is 11.7 Å². The van der Waals surface area contributed by atoms with Gasteiger partial charge < -0.3 is 10.8 Å². The van der Waals surface area contributed by atoms with Crippen LogP contribution in [0.25, 0.3) is 0 Å². The smallest absolute Gasteiger partial charge is 0.324 e. The average molecular weight is 276 g/mol. The molecule has 1 atom stereocenters. The second-order valence-electron chi connectivity index (χ2n) is 4.43. The summed E-state index contributed by atoms with van der Waals surface area (Å²) in [6.07, 6.45) is 0.219. The molecule has 0 aliphatic heterocycles. The van der Waals surface area contributed by atoms with E-state index in [4.69, 9.17) is 28.9 Å². The molecule has 1 aromatic carbocycles. The third kappa shape index (κ3) is 3.12. The van der Waals surface area contributed by atoms with Crippen molar-refractivity contribution in [3.05, 3.63) is 33.8 Å². The SMILES string of the molecule is CC(C)C(N)(Cc1ccc(Cl)c(Cl)c1)C(=O)O. The van der Waals surface area contributed by atoms with Crippen LogP contribution in [-0.4, -0.2) is 16.6 Å². The molecule has 0 spiro atoms. The molecule has 0 bridgehead atoms. The third-order valence-electron chi connectivity index (χ3n) is 2.91. The molecule has 0 fully saturated rings. The molecule has 17 heavy (non-hydrogen) atoms. The predicted molar refractivity (Wildman–Crippen MR) is 69.6 cm³/mol. The summed E-state index contributed by atoms with van der Waals surface area (Å²) >= 11 is 11.7. The van der Waals surface area contributed by atoms with E-state index >= 15 is 0 Å². The summed E-state index contributed by atoms with van der Waals surface area (Å²) in [7, 11) is 0. The molecule has 0 aromatic heterocycles. The Morgan fingerprint density at radius 2 is 2.00 bits per heavy atom. The van der Waals surface area contributed by atoms with Gasteiger partial charge in [-0.05, 0) is 23.6 Å². The van der Waals surface area contributed by atoms with Gasteiger partial charge in [0.1, 0.15) is 5.54 Å². The molecular weight excluding hydrogens is 261 g/mol. The lowest BCUT2D eigenvalue weighted by atomic mass is 9.82. The van der Waals surface area contributed by atoms with Crippen molar-refractivity contribution in [1.82, 2.24) is 0 Å². The van der Waals surface area contributed by atoms with Crippen molar-refractivity contribution in [1.29, 1.82) is 0 Å². The predicted octanol–water partition coefficient (Wildman–Crippen LogP) is 2.97. The van der Waals surface area contributed by atoms with E-state index < -0.39 is 11.5 Å². The van der Waals surface area contributed by atoms with E-state index in [9.17, 15) is 9.90 Å². The Morgan fingerprint density at radius 3 is 2.41 bits per heavy atom. The lowest BCUT2D eigenvalue weighted by Crippen LogP contribution is -2.54. The van der Waals surface area contributed by atoms with Gasteiger partial charge in [-0.3, -0.25) is 4.79 Å². The van der Waals surface area contributed by atoms with Crippen molar-refractivity contribution < 1.29 is 9.90 Å². The Labute approximate surface area is 111 Å². The number of halogens is 2. The highest BCUT2D eigenvalue weighted by molar-refractivity contribution is 6.42. The Balaban J connectivity index is 3.02. The highest BCUT2D eigenvalue weighted by atomic mass is 35.5. The second-order valence-corrected chi connectivity index (χ2v) is 5.24. The minimum absolute atomic E-state index is 0.186. The largest absolute Gasteiger partial charge is 0.480 e. The lowest BCUT2D eigenvalue weighted by molar-refractivity contribution is -0.145. The van der Waals surface area contributed by atoms with Gasteiger partial charge in [-0.2, -0.15) is 0 Å². The standard InChI is InChI=1S/C12H15Cl2NO2/c1-7(2)12(15,11(16)17)6-8-3-4-9(13)10(14)5-8/h3-5,7H,6,15H2,1-2H3,(H,16,17). The van der Waals surface area contributed by atoms with Crippen LogP contribution < -0.4 is 5.73 Å². The van der Waals surface area contributed by atoms with Crippen LogP contribution in [0.2, 0.25) is 10.0 Å². The number of nitrogens with two attached hydrogens (primary N) is 1. The molecule has 0 heterocycles. The highest BCUT2D eigenvalue weighted by Gasteiger charge is 2.37. The van der Waals surface area contributed by atoms with Crippen LogP contribution in [-0.2, 0) is 11.2 Å². The first kappa shape index (κ1) is 14.3. The first-order valence-corrected chi connectivity index (χ1v) is 5.99. The number of carboxylic acid groups (broad SMARTS) is 1. The zero-order valence-corrected chi connectivity index (χ0v) is 11.2. The summed E-state index contributed by atoms with van der Waals surface area (Å²) in [5, 5.41) is 10.0. The maximum Gasteiger partial charge on any atom is 0.324 e. The van der Waals surface area contributed by atoms with Crippen molar-refractivity contribution in [3.63, 3.8) is 0 Å². The van der Waals surface area contributed by atoms with Crippen molar-refractivity contribution >= 4 is 29.2 Å². The zero-order chi connectivity index (χ0) is 13.2. The highest BCUT2D eigenvalue weighted by Crippen LogP contribution is 2.26. The molecule has 1 unspecified atom stereocenters. The molecular formula is C12H15Cl2NO2. The van der Waals surface area contributed by atoms with Crippen LogP contribution in [0.1, 0.15) is 19.4 Å². The van der Waals surface area contributed by atoms with Gasteiger partial charge in [-0.15, -0.1) is 0 Å². The first-order valence-electron chi connectivity index (χ1n) is 5.23. The van der Waals surface area contributed by atoms with E-state index in [0.717, 1.165) is 5.56 Å². The van der Waals surface area contributed by atoms with Crippen molar-refractivity contribution in [3.8, 4) is 0 Å². The Hall–Kier alpha value is -0.770. The lowest BCUT2D eigenvalue weighted by Gasteiger charge is -2.29. The minimum Gasteiger partial charge on any atom is -0.480 e. The fraction of sp³-hybridized carbons (Fsp3) is 0.417. The molecule has 3 nitrogen and oxygen atoms in total. The number of aliphatic carboxylic acids is 1. The number of benzene rings is 1. The summed E-state index contributed by atoms with van der Waals surface area (Å²) in [5.41, 5.74) is 5.40. The molecule has 5 heteroatoms. The Morgan fingerprint density at radius 1 is 1.41 bits per heavy atom. The van der Waals surface area contributed by atoms with Gasteiger partial charge in [0.25, 0.3) is 0 Å². The minimum atomic E-state index is -1.29.